The average Bonchev–Trinajstić information content (AvgIpc) is 4.17. The standard InChI is InChI=1S/C62H38N4/c1-7-22-49-42(16-1)43-17-2-8-23-50(43)61(49)54-27-12-6-21-48(54)60-55(61)28-15-31-59(60)65(39-32-34-40(35-33-39)66-63-57-29-13-14-30-58(57)64-66)41-36-37-47-46-20-5-11-26-53(46)62(56(47)38-41)51-24-9-3-18-44(51)45-19-4-10-25-52(45)62/h1-38H. The molecule has 4 nitrogen and oxygen atoms in total. The van der Waals surface area contributed by atoms with Gasteiger partial charge in [-0.2, -0.15) is 4.80 Å². The van der Waals surface area contributed by atoms with Crippen molar-refractivity contribution in [3.8, 4) is 50.2 Å². The normalized spacial score (nSPS) is 14.3. The van der Waals surface area contributed by atoms with Gasteiger partial charge in [0.15, 0.2) is 0 Å². The zero-order valence-electron chi connectivity index (χ0n) is 35.7. The second kappa shape index (κ2) is 13.0. The van der Waals surface area contributed by atoms with E-state index in [-0.39, 0.29) is 0 Å². The van der Waals surface area contributed by atoms with Gasteiger partial charge in [0.1, 0.15) is 11.0 Å². The molecule has 15 rings (SSSR count). The van der Waals surface area contributed by atoms with Crippen LogP contribution in [0.4, 0.5) is 17.1 Å². The minimum absolute atomic E-state index is 0.473. The van der Waals surface area contributed by atoms with Gasteiger partial charge in [-0.3, -0.25) is 0 Å². The van der Waals surface area contributed by atoms with E-state index in [0.29, 0.717) is 0 Å². The molecule has 0 bridgehead atoms. The summed E-state index contributed by atoms with van der Waals surface area (Å²) in [5.41, 5.74) is 25.8. The summed E-state index contributed by atoms with van der Waals surface area (Å²) < 4.78 is 0. The van der Waals surface area contributed by atoms with Gasteiger partial charge in [-0.15, -0.1) is 10.2 Å². The SMILES string of the molecule is c1ccc2c(c1)-c1ccccc1C21c2ccccc2-c2ccc(N(c3ccc(-n4nc5ccccc5n4)cc3)c3cccc4c3-c3ccccc3C43c4ccccc4-c4ccccc43)cc21. The van der Waals surface area contributed by atoms with Gasteiger partial charge in [0.25, 0.3) is 0 Å². The van der Waals surface area contributed by atoms with Crippen molar-refractivity contribution >= 4 is 28.1 Å². The predicted molar refractivity (Wildman–Crippen MR) is 266 cm³/mol. The van der Waals surface area contributed by atoms with E-state index in [1.807, 2.05) is 24.3 Å². The van der Waals surface area contributed by atoms with Crippen molar-refractivity contribution in [3.63, 3.8) is 0 Å². The van der Waals surface area contributed by atoms with E-state index in [0.717, 1.165) is 33.8 Å². The number of benzene rings is 10. The van der Waals surface area contributed by atoms with Crippen molar-refractivity contribution in [2.75, 3.05) is 4.90 Å². The van der Waals surface area contributed by atoms with Crippen molar-refractivity contribution in [3.05, 3.63) is 275 Å². The van der Waals surface area contributed by atoms with Crippen LogP contribution in [0.15, 0.2) is 231 Å². The lowest BCUT2D eigenvalue weighted by molar-refractivity contribution is 0.765. The fraction of sp³-hybridized carbons (Fsp3) is 0.0323. The van der Waals surface area contributed by atoms with Crippen molar-refractivity contribution in [1.29, 1.82) is 0 Å². The zero-order chi connectivity index (χ0) is 43.1. The number of nitrogens with zero attached hydrogens (tertiary/aromatic N) is 4. The van der Waals surface area contributed by atoms with Gasteiger partial charge in [-0.25, -0.2) is 0 Å². The third kappa shape index (κ3) is 4.38. The van der Waals surface area contributed by atoms with Crippen LogP contribution in [0.2, 0.25) is 0 Å². The smallest absolute Gasteiger partial charge is 0.113 e. The molecule has 0 radical (unpaired) electrons. The van der Waals surface area contributed by atoms with Crippen molar-refractivity contribution in [2.45, 2.75) is 10.8 Å². The Morgan fingerprint density at radius 1 is 0.303 bits per heavy atom. The molecular formula is C62H38N4. The molecule has 66 heavy (non-hydrogen) atoms. The number of anilines is 3. The molecule has 0 amide bonds. The maximum absolute atomic E-state index is 4.85. The molecule has 0 fully saturated rings. The number of fused-ring (bicyclic) bond motifs is 21. The maximum atomic E-state index is 4.85. The monoisotopic (exact) mass is 838 g/mol. The van der Waals surface area contributed by atoms with E-state index in [9.17, 15) is 0 Å². The zero-order valence-corrected chi connectivity index (χ0v) is 35.7. The fourth-order valence-corrected chi connectivity index (χ4v) is 12.7. The van der Waals surface area contributed by atoms with E-state index in [4.69, 9.17) is 10.2 Å². The van der Waals surface area contributed by atoms with Crippen molar-refractivity contribution in [2.24, 2.45) is 0 Å². The Hall–Kier alpha value is -8.60. The second-order valence-corrected chi connectivity index (χ2v) is 18.0. The molecule has 0 saturated heterocycles. The lowest BCUT2D eigenvalue weighted by atomic mass is 9.70. The Balaban J connectivity index is 1.01. The molecule has 4 aliphatic carbocycles. The molecule has 4 aliphatic rings. The molecule has 11 aromatic rings. The first kappa shape index (κ1) is 35.8. The molecule has 1 heterocycles. The lowest BCUT2D eigenvalue weighted by Crippen LogP contribution is -2.26. The Bertz CT molecular complexity index is 3710. The summed E-state index contributed by atoms with van der Waals surface area (Å²) in [5.74, 6) is 0. The van der Waals surface area contributed by atoms with Crippen LogP contribution in [-0.4, -0.2) is 15.0 Å². The average molecular weight is 839 g/mol. The highest BCUT2D eigenvalue weighted by Crippen LogP contribution is 2.66. The fourth-order valence-electron chi connectivity index (χ4n) is 12.7. The molecule has 306 valence electrons. The molecule has 0 unspecified atom stereocenters. The Morgan fingerprint density at radius 3 is 1.18 bits per heavy atom. The predicted octanol–water partition coefficient (Wildman–Crippen LogP) is 14.6. The van der Waals surface area contributed by atoms with Gasteiger partial charge < -0.3 is 4.90 Å². The van der Waals surface area contributed by atoms with Crippen LogP contribution in [0, 0.1) is 0 Å². The molecule has 2 spiro atoms. The summed E-state index contributed by atoms with van der Waals surface area (Å²) in [6.45, 7) is 0. The van der Waals surface area contributed by atoms with Gasteiger partial charge >= 0.3 is 0 Å². The van der Waals surface area contributed by atoms with Gasteiger partial charge in [-0.05, 0) is 138 Å². The Kier molecular flexibility index (Phi) is 7.05. The number of hydrogen-bond acceptors (Lipinski definition) is 3. The largest absolute Gasteiger partial charge is 0.310 e. The van der Waals surface area contributed by atoms with Crippen LogP contribution in [0.25, 0.3) is 61.2 Å². The summed E-state index contributed by atoms with van der Waals surface area (Å²) in [6, 6.07) is 85.4. The topological polar surface area (TPSA) is 34.0 Å². The van der Waals surface area contributed by atoms with E-state index >= 15 is 0 Å². The molecule has 0 N–H and O–H groups in total. The first-order valence-electron chi connectivity index (χ1n) is 22.8. The van der Waals surface area contributed by atoms with E-state index in [2.05, 4.69) is 211 Å². The summed E-state index contributed by atoms with van der Waals surface area (Å²) in [5, 5.41) is 9.70. The molecule has 4 heteroatoms. The number of hydrogen-bond donors (Lipinski definition) is 0. The van der Waals surface area contributed by atoms with Crippen LogP contribution < -0.4 is 4.90 Å². The van der Waals surface area contributed by atoms with Gasteiger partial charge in [0.2, 0.25) is 0 Å². The minimum atomic E-state index is -0.481. The highest BCUT2D eigenvalue weighted by atomic mass is 15.5. The van der Waals surface area contributed by atoms with Crippen molar-refractivity contribution in [1.82, 2.24) is 15.0 Å². The van der Waals surface area contributed by atoms with Crippen molar-refractivity contribution < 1.29 is 0 Å². The summed E-state index contributed by atoms with van der Waals surface area (Å²) in [6.07, 6.45) is 0. The van der Waals surface area contributed by atoms with Crippen LogP contribution >= 0.6 is 0 Å². The molecule has 0 aliphatic heterocycles. The van der Waals surface area contributed by atoms with E-state index in [1.54, 1.807) is 4.80 Å². The minimum Gasteiger partial charge on any atom is -0.310 e. The molecule has 0 saturated carbocycles. The molecular weight excluding hydrogens is 801 g/mol. The lowest BCUT2D eigenvalue weighted by Gasteiger charge is -2.33. The van der Waals surface area contributed by atoms with E-state index < -0.39 is 10.8 Å². The maximum Gasteiger partial charge on any atom is 0.113 e. The quantitative estimate of drug-likeness (QED) is 0.177. The van der Waals surface area contributed by atoms with Gasteiger partial charge in [-0.1, -0.05) is 176 Å². The molecule has 10 aromatic carbocycles. The first-order valence-corrected chi connectivity index (χ1v) is 22.8. The third-order valence-electron chi connectivity index (χ3n) is 15.1. The third-order valence-corrected chi connectivity index (χ3v) is 15.1. The van der Waals surface area contributed by atoms with E-state index in [1.165, 1.54) is 89.0 Å². The first-order chi connectivity index (χ1) is 32.7. The highest BCUT2D eigenvalue weighted by molar-refractivity contribution is 6.02. The van der Waals surface area contributed by atoms with Crippen LogP contribution in [0.1, 0.15) is 44.5 Å². The van der Waals surface area contributed by atoms with Crippen LogP contribution in [0.5, 0.6) is 0 Å². The summed E-state index contributed by atoms with van der Waals surface area (Å²) in [4.78, 5) is 4.25. The number of aromatic nitrogens is 3. The molecule has 0 atom stereocenters. The Labute approximate surface area is 382 Å². The second-order valence-electron chi connectivity index (χ2n) is 18.0. The van der Waals surface area contributed by atoms with Gasteiger partial charge in [0.05, 0.1) is 22.2 Å². The Morgan fingerprint density at radius 2 is 0.682 bits per heavy atom. The number of rotatable bonds is 4. The van der Waals surface area contributed by atoms with Gasteiger partial charge in [0, 0.05) is 16.9 Å². The highest BCUT2D eigenvalue weighted by Gasteiger charge is 2.54. The molecule has 1 aromatic heterocycles. The van der Waals surface area contributed by atoms with Crippen LogP contribution in [0.3, 0.4) is 0 Å². The summed E-state index contributed by atoms with van der Waals surface area (Å²) >= 11 is 0. The summed E-state index contributed by atoms with van der Waals surface area (Å²) in [7, 11) is 0. The van der Waals surface area contributed by atoms with Crippen LogP contribution in [-0.2, 0) is 10.8 Å².